The molecule has 3 heterocycles. The molecule has 9 heteroatoms. The van der Waals surface area contributed by atoms with E-state index in [9.17, 15) is 0 Å². The van der Waals surface area contributed by atoms with E-state index in [1.165, 1.54) is 16.6 Å². The van der Waals surface area contributed by atoms with E-state index < -0.39 is 0 Å². The summed E-state index contributed by atoms with van der Waals surface area (Å²) in [4.78, 5) is 15.3. The van der Waals surface area contributed by atoms with Gasteiger partial charge in [0.1, 0.15) is 22.8 Å². The van der Waals surface area contributed by atoms with Crippen LogP contribution in [0, 0.1) is 0 Å². The molecule has 0 bridgehead atoms. The fourth-order valence-corrected chi connectivity index (χ4v) is 5.82. The van der Waals surface area contributed by atoms with Crippen molar-refractivity contribution in [3.63, 3.8) is 0 Å². The predicted molar refractivity (Wildman–Crippen MR) is 173 cm³/mol. The van der Waals surface area contributed by atoms with Crippen LogP contribution >= 0.6 is 0 Å². The lowest BCUT2D eigenvalue weighted by atomic mass is 10.1. The standard InChI is InChI=1S/C33H47N7O2/c1-6-7-10-30-37-31-32(40(30)16-9-8-15-34-2)27-21-25(39-19-17-38(3)18-20-39)12-14-28(27)36-33(31)35-23-24-11-13-26(41-4)22-29(24)42-5/h11-14,21-22,34H,6-10,15-20,23H2,1-5H3,(H,35,36). The molecule has 5 rings (SSSR count). The summed E-state index contributed by atoms with van der Waals surface area (Å²) in [6.45, 7) is 9.00. The number of rotatable bonds is 14. The highest BCUT2D eigenvalue weighted by Crippen LogP contribution is 2.34. The van der Waals surface area contributed by atoms with E-state index in [1.54, 1.807) is 14.2 Å². The molecule has 2 N–H and O–H groups in total. The van der Waals surface area contributed by atoms with E-state index in [1.807, 2.05) is 25.2 Å². The van der Waals surface area contributed by atoms with Crippen LogP contribution in [-0.2, 0) is 19.5 Å². The number of ether oxygens (including phenoxy) is 2. The van der Waals surface area contributed by atoms with Crippen LogP contribution in [0.3, 0.4) is 0 Å². The number of nitrogens with one attached hydrogen (secondary N) is 2. The maximum Gasteiger partial charge on any atom is 0.155 e. The average Bonchev–Trinajstić information content (AvgIpc) is 3.39. The SMILES string of the molecule is CCCCc1nc2c(NCc3ccc(OC)cc3OC)nc3ccc(N4CCN(C)CC4)cc3c2n1CCCCNC. The third kappa shape index (κ3) is 6.57. The molecule has 226 valence electrons. The Kier molecular flexibility index (Phi) is 10.0. The van der Waals surface area contributed by atoms with Crippen LogP contribution in [0.2, 0.25) is 0 Å². The number of aromatic nitrogens is 3. The quantitative estimate of drug-likeness (QED) is 0.197. The maximum atomic E-state index is 5.67. The van der Waals surface area contributed by atoms with Crippen molar-refractivity contribution in [2.45, 2.75) is 52.1 Å². The molecule has 2 aromatic heterocycles. The van der Waals surface area contributed by atoms with E-state index in [4.69, 9.17) is 19.4 Å². The first kappa shape index (κ1) is 29.9. The number of hydrogen-bond donors (Lipinski definition) is 2. The van der Waals surface area contributed by atoms with Gasteiger partial charge in [0.25, 0.3) is 0 Å². The number of imidazole rings is 1. The Morgan fingerprint density at radius 1 is 0.929 bits per heavy atom. The van der Waals surface area contributed by atoms with Gasteiger partial charge in [-0.3, -0.25) is 0 Å². The molecule has 1 aliphatic heterocycles. The number of likely N-dealkylation sites (N-methyl/N-ethyl adjacent to an activating group) is 1. The normalized spacial score (nSPS) is 14.2. The largest absolute Gasteiger partial charge is 0.497 e. The van der Waals surface area contributed by atoms with Crippen molar-refractivity contribution in [3.8, 4) is 11.5 Å². The molecule has 1 fully saturated rings. The second-order valence-corrected chi connectivity index (χ2v) is 11.3. The average molecular weight is 574 g/mol. The second kappa shape index (κ2) is 14.1. The molecule has 1 saturated heterocycles. The summed E-state index contributed by atoms with van der Waals surface area (Å²) >= 11 is 0. The van der Waals surface area contributed by atoms with Crippen molar-refractivity contribution >= 4 is 33.4 Å². The zero-order chi connectivity index (χ0) is 29.5. The lowest BCUT2D eigenvalue weighted by molar-refractivity contribution is 0.313. The number of unbranched alkanes of at least 4 members (excludes halogenated alkanes) is 2. The fourth-order valence-electron chi connectivity index (χ4n) is 5.82. The predicted octanol–water partition coefficient (Wildman–Crippen LogP) is 5.31. The van der Waals surface area contributed by atoms with Crippen molar-refractivity contribution in [1.82, 2.24) is 24.8 Å². The lowest BCUT2D eigenvalue weighted by Crippen LogP contribution is -2.44. The molecule has 42 heavy (non-hydrogen) atoms. The Hall–Kier alpha value is -3.56. The molecule has 0 unspecified atom stereocenters. The maximum absolute atomic E-state index is 5.67. The van der Waals surface area contributed by atoms with E-state index in [0.717, 1.165) is 111 Å². The molecule has 9 nitrogen and oxygen atoms in total. The first-order valence-electron chi connectivity index (χ1n) is 15.4. The Labute approximate surface area is 250 Å². The van der Waals surface area contributed by atoms with E-state index in [2.05, 4.69) is 57.2 Å². The highest BCUT2D eigenvalue weighted by atomic mass is 16.5. The van der Waals surface area contributed by atoms with Gasteiger partial charge in [-0.2, -0.15) is 0 Å². The smallest absolute Gasteiger partial charge is 0.155 e. The number of fused-ring (bicyclic) bond motifs is 3. The number of pyridine rings is 1. The highest BCUT2D eigenvalue weighted by Gasteiger charge is 2.21. The molecular weight excluding hydrogens is 526 g/mol. The minimum atomic E-state index is 0.569. The van der Waals surface area contributed by atoms with E-state index in [-0.39, 0.29) is 0 Å². The van der Waals surface area contributed by atoms with Gasteiger partial charge in [0, 0.05) is 68.4 Å². The van der Waals surface area contributed by atoms with Crippen molar-refractivity contribution in [2.75, 3.05) is 71.3 Å². The Balaban J connectivity index is 1.59. The van der Waals surface area contributed by atoms with Gasteiger partial charge in [-0.15, -0.1) is 0 Å². The number of methoxy groups -OCH3 is 2. The first-order chi connectivity index (χ1) is 20.6. The topological polar surface area (TPSA) is 79.7 Å². The third-order valence-electron chi connectivity index (χ3n) is 8.36. The lowest BCUT2D eigenvalue weighted by Gasteiger charge is -2.34. The summed E-state index contributed by atoms with van der Waals surface area (Å²) in [5.74, 6) is 3.53. The van der Waals surface area contributed by atoms with Crippen molar-refractivity contribution in [2.24, 2.45) is 0 Å². The van der Waals surface area contributed by atoms with Gasteiger partial charge in [-0.1, -0.05) is 13.3 Å². The minimum Gasteiger partial charge on any atom is -0.497 e. The summed E-state index contributed by atoms with van der Waals surface area (Å²) < 4.78 is 13.6. The number of piperazine rings is 1. The second-order valence-electron chi connectivity index (χ2n) is 11.3. The van der Waals surface area contributed by atoms with Crippen LogP contribution in [0.1, 0.15) is 44.0 Å². The summed E-state index contributed by atoms with van der Waals surface area (Å²) in [5.41, 5.74) is 5.43. The Morgan fingerprint density at radius 3 is 2.50 bits per heavy atom. The summed E-state index contributed by atoms with van der Waals surface area (Å²) in [6.07, 6.45) is 5.44. The summed E-state index contributed by atoms with van der Waals surface area (Å²) in [6, 6.07) is 12.7. The summed E-state index contributed by atoms with van der Waals surface area (Å²) in [5, 5.41) is 8.11. The van der Waals surface area contributed by atoms with Crippen molar-refractivity contribution in [3.05, 3.63) is 47.8 Å². The van der Waals surface area contributed by atoms with Gasteiger partial charge in [-0.05, 0) is 70.2 Å². The van der Waals surface area contributed by atoms with Crippen LogP contribution in [0.15, 0.2) is 36.4 Å². The van der Waals surface area contributed by atoms with Gasteiger partial charge < -0.3 is 34.5 Å². The van der Waals surface area contributed by atoms with Crippen LogP contribution in [-0.4, -0.2) is 80.5 Å². The molecule has 4 aromatic rings. The molecule has 0 radical (unpaired) electrons. The molecule has 0 saturated carbocycles. The molecule has 0 aliphatic carbocycles. The van der Waals surface area contributed by atoms with E-state index >= 15 is 0 Å². The Morgan fingerprint density at radius 2 is 1.76 bits per heavy atom. The van der Waals surface area contributed by atoms with Gasteiger partial charge in [0.2, 0.25) is 0 Å². The number of aryl methyl sites for hydroxylation is 2. The third-order valence-corrected chi connectivity index (χ3v) is 8.36. The molecule has 0 amide bonds. The first-order valence-corrected chi connectivity index (χ1v) is 15.4. The molecule has 0 spiro atoms. The molecular formula is C33H47N7O2. The number of nitrogens with zero attached hydrogens (tertiary/aromatic N) is 5. The summed E-state index contributed by atoms with van der Waals surface area (Å²) in [7, 11) is 7.58. The van der Waals surface area contributed by atoms with Crippen LogP contribution < -0.4 is 25.0 Å². The zero-order valence-corrected chi connectivity index (χ0v) is 26.0. The van der Waals surface area contributed by atoms with Gasteiger partial charge in [0.05, 0.1) is 25.3 Å². The molecule has 1 aliphatic rings. The molecule has 2 aromatic carbocycles. The fraction of sp³-hybridized carbons (Fsp3) is 0.515. The van der Waals surface area contributed by atoms with Gasteiger partial charge in [0.15, 0.2) is 5.82 Å². The Bertz CT molecular complexity index is 1480. The zero-order valence-electron chi connectivity index (χ0n) is 26.0. The van der Waals surface area contributed by atoms with Crippen molar-refractivity contribution in [1.29, 1.82) is 0 Å². The van der Waals surface area contributed by atoms with E-state index in [0.29, 0.717) is 6.54 Å². The number of anilines is 2. The number of hydrogen-bond acceptors (Lipinski definition) is 8. The monoisotopic (exact) mass is 573 g/mol. The molecule has 0 atom stereocenters. The minimum absolute atomic E-state index is 0.569. The van der Waals surface area contributed by atoms with Crippen LogP contribution in [0.4, 0.5) is 11.5 Å². The highest BCUT2D eigenvalue weighted by molar-refractivity contribution is 6.08. The van der Waals surface area contributed by atoms with Crippen LogP contribution in [0.25, 0.3) is 21.9 Å². The number of benzene rings is 2. The van der Waals surface area contributed by atoms with Crippen molar-refractivity contribution < 1.29 is 9.47 Å². The van der Waals surface area contributed by atoms with Gasteiger partial charge >= 0.3 is 0 Å². The van der Waals surface area contributed by atoms with Gasteiger partial charge in [-0.25, -0.2) is 9.97 Å². The van der Waals surface area contributed by atoms with Crippen LogP contribution in [0.5, 0.6) is 11.5 Å².